The van der Waals surface area contributed by atoms with Gasteiger partial charge in [-0.1, -0.05) is 36.8 Å². The molecule has 2 aromatic carbocycles. The Hall–Kier alpha value is -2.36. The van der Waals surface area contributed by atoms with Crippen LogP contribution in [-0.2, 0) is 25.8 Å². The highest BCUT2D eigenvalue weighted by molar-refractivity contribution is 8.00. The van der Waals surface area contributed by atoms with Crippen molar-refractivity contribution in [3.05, 3.63) is 59.7 Å². The van der Waals surface area contributed by atoms with Crippen molar-refractivity contribution in [2.75, 3.05) is 17.6 Å². The van der Waals surface area contributed by atoms with E-state index in [9.17, 15) is 18.0 Å². The Kier molecular flexibility index (Phi) is 7.17. The second kappa shape index (κ2) is 9.63. The van der Waals surface area contributed by atoms with E-state index in [0.29, 0.717) is 5.69 Å². The second-order valence-electron chi connectivity index (χ2n) is 7.05. The number of benzene rings is 2. The van der Waals surface area contributed by atoms with Crippen LogP contribution in [0, 0.1) is 6.92 Å². The van der Waals surface area contributed by atoms with E-state index in [-0.39, 0.29) is 23.1 Å². The minimum atomic E-state index is -3.80. The van der Waals surface area contributed by atoms with Gasteiger partial charge in [-0.05, 0) is 43.2 Å². The molecule has 9 heteroatoms. The average molecular weight is 448 g/mol. The van der Waals surface area contributed by atoms with Crippen LogP contribution in [0.2, 0.25) is 0 Å². The van der Waals surface area contributed by atoms with Gasteiger partial charge in [-0.25, -0.2) is 8.42 Å². The molecule has 7 nitrogen and oxygen atoms in total. The molecule has 0 aliphatic carbocycles. The maximum Gasteiger partial charge on any atom is 0.241 e. The Bertz CT molecular complexity index is 1010. The van der Waals surface area contributed by atoms with Gasteiger partial charge in [-0.2, -0.15) is 0 Å². The SMILES string of the molecule is CCc1ccc(S(=O)(=O)C2CNC(SCC(=O)Nc3ccc(C)cc3)NC2=O)cc1. The summed E-state index contributed by atoms with van der Waals surface area (Å²) in [5, 5.41) is 7.22. The topological polar surface area (TPSA) is 104 Å². The molecule has 1 fully saturated rings. The number of nitrogens with one attached hydrogen (secondary N) is 3. The van der Waals surface area contributed by atoms with Gasteiger partial charge < -0.3 is 10.6 Å². The van der Waals surface area contributed by atoms with Crippen LogP contribution in [0.25, 0.3) is 0 Å². The molecule has 0 saturated carbocycles. The minimum absolute atomic E-state index is 0.0130. The van der Waals surface area contributed by atoms with Crippen molar-refractivity contribution < 1.29 is 18.0 Å². The van der Waals surface area contributed by atoms with Crippen LogP contribution in [0.1, 0.15) is 18.1 Å². The van der Waals surface area contributed by atoms with E-state index in [4.69, 9.17) is 0 Å². The van der Waals surface area contributed by atoms with Gasteiger partial charge in [0, 0.05) is 12.2 Å². The van der Waals surface area contributed by atoms with Crippen LogP contribution in [0.15, 0.2) is 53.4 Å². The van der Waals surface area contributed by atoms with Crippen molar-refractivity contribution in [1.82, 2.24) is 10.6 Å². The first-order valence-electron chi connectivity index (χ1n) is 9.64. The summed E-state index contributed by atoms with van der Waals surface area (Å²) in [4.78, 5) is 24.7. The summed E-state index contributed by atoms with van der Waals surface area (Å²) in [6.45, 7) is 3.94. The van der Waals surface area contributed by atoms with Crippen LogP contribution in [-0.4, -0.2) is 43.3 Å². The van der Waals surface area contributed by atoms with Gasteiger partial charge in [0.05, 0.1) is 10.6 Å². The lowest BCUT2D eigenvalue weighted by Crippen LogP contribution is -2.59. The number of aryl methyl sites for hydroxylation is 2. The standard InChI is InChI=1S/C21H25N3O4S2/c1-3-15-6-10-17(11-7-15)30(27,28)18-12-22-21(24-20(18)26)29-13-19(25)23-16-8-4-14(2)5-9-16/h4-11,18,21-22H,3,12-13H2,1-2H3,(H,23,25)(H,24,26). The molecule has 0 radical (unpaired) electrons. The lowest BCUT2D eigenvalue weighted by atomic mass is 10.2. The van der Waals surface area contributed by atoms with Gasteiger partial charge >= 0.3 is 0 Å². The molecule has 2 unspecified atom stereocenters. The van der Waals surface area contributed by atoms with Gasteiger partial charge in [0.2, 0.25) is 11.8 Å². The van der Waals surface area contributed by atoms with Crippen molar-refractivity contribution >= 4 is 39.1 Å². The lowest BCUT2D eigenvalue weighted by Gasteiger charge is -2.29. The van der Waals surface area contributed by atoms with E-state index < -0.39 is 26.5 Å². The largest absolute Gasteiger partial charge is 0.331 e. The molecule has 1 aliphatic rings. The fourth-order valence-corrected chi connectivity index (χ4v) is 5.32. The first kappa shape index (κ1) is 22.3. The lowest BCUT2D eigenvalue weighted by molar-refractivity contribution is -0.122. The molecule has 0 bridgehead atoms. The number of carbonyl (C=O) groups is 2. The van der Waals surface area contributed by atoms with Crippen LogP contribution < -0.4 is 16.0 Å². The third-order valence-corrected chi connectivity index (χ3v) is 7.91. The number of anilines is 1. The summed E-state index contributed by atoms with van der Waals surface area (Å²) < 4.78 is 25.7. The zero-order valence-electron chi connectivity index (χ0n) is 16.8. The van der Waals surface area contributed by atoms with Crippen molar-refractivity contribution in [2.45, 2.75) is 35.9 Å². The number of hydrogen-bond acceptors (Lipinski definition) is 6. The number of hydrogen-bond donors (Lipinski definition) is 3. The molecule has 2 aromatic rings. The van der Waals surface area contributed by atoms with Crippen molar-refractivity contribution in [3.63, 3.8) is 0 Å². The van der Waals surface area contributed by atoms with E-state index in [0.717, 1.165) is 17.5 Å². The molecule has 1 saturated heterocycles. The average Bonchev–Trinajstić information content (AvgIpc) is 2.74. The Morgan fingerprint density at radius 1 is 1.13 bits per heavy atom. The predicted molar refractivity (Wildman–Crippen MR) is 119 cm³/mol. The minimum Gasteiger partial charge on any atom is -0.331 e. The summed E-state index contributed by atoms with van der Waals surface area (Å²) in [5.74, 6) is -0.655. The number of thioether (sulfide) groups is 1. The van der Waals surface area contributed by atoms with E-state index in [1.807, 2.05) is 38.1 Å². The van der Waals surface area contributed by atoms with Crippen LogP contribution in [0.4, 0.5) is 5.69 Å². The van der Waals surface area contributed by atoms with Crippen LogP contribution in [0.3, 0.4) is 0 Å². The zero-order chi connectivity index (χ0) is 21.7. The Morgan fingerprint density at radius 2 is 1.80 bits per heavy atom. The third kappa shape index (κ3) is 5.41. The van der Waals surface area contributed by atoms with Gasteiger partial charge in [-0.3, -0.25) is 14.9 Å². The van der Waals surface area contributed by atoms with Gasteiger partial charge in [0.1, 0.15) is 5.50 Å². The molecule has 30 heavy (non-hydrogen) atoms. The molecular formula is C21H25N3O4S2. The molecule has 1 aliphatic heterocycles. The monoisotopic (exact) mass is 447 g/mol. The number of carbonyl (C=O) groups excluding carboxylic acids is 2. The summed E-state index contributed by atoms with van der Waals surface area (Å²) in [6, 6.07) is 14.0. The fraction of sp³-hybridized carbons (Fsp3) is 0.333. The van der Waals surface area contributed by atoms with E-state index in [2.05, 4.69) is 16.0 Å². The highest BCUT2D eigenvalue weighted by atomic mass is 32.2. The molecule has 2 amide bonds. The van der Waals surface area contributed by atoms with Gasteiger partial charge in [0.15, 0.2) is 15.1 Å². The van der Waals surface area contributed by atoms with Crippen LogP contribution in [0.5, 0.6) is 0 Å². The second-order valence-corrected chi connectivity index (χ2v) is 10.3. The maximum atomic E-state index is 12.8. The number of rotatable bonds is 7. The molecule has 160 valence electrons. The Labute approximate surface area is 180 Å². The van der Waals surface area contributed by atoms with E-state index in [1.165, 1.54) is 23.9 Å². The van der Waals surface area contributed by atoms with E-state index in [1.54, 1.807) is 12.1 Å². The van der Waals surface area contributed by atoms with Gasteiger partial charge in [-0.15, -0.1) is 11.8 Å². The summed E-state index contributed by atoms with van der Waals surface area (Å²) in [7, 11) is -3.80. The molecule has 0 spiro atoms. The van der Waals surface area contributed by atoms with Crippen molar-refractivity contribution in [2.24, 2.45) is 0 Å². The van der Waals surface area contributed by atoms with E-state index >= 15 is 0 Å². The smallest absolute Gasteiger partial charge is 0.241 e. The maximum absolute atomic E-state index is 12.8. The quantitative estimate of drug-likeness (QED) is 0.600. The molecule has 0 aromatic heterocycles. The highest BCUT2D eigenvalue weighted by Gasteiger charge is 2.38. The molecule has 3 N–H and O–H groups in total. The predicted octanol–water partition coefficient (Wildman–Crippen LogP) is 2.07. The van der Waals surface area contributed by atoms with Gasteiger partial charge in [0.25, 0.3) is 0 Å². The summed E-state index contributed by atoms with van der Waals surface area (Å²) >= 11 is 1.20. The van der Waals surface area contributed by atoms with Crippen molar-refractivity contribution in [3.8, 4) is 0 Å². The normalized spacial score (nSPS) is 19.2. The number of amides is 2. The third-order valence-electron chi connectivity index (χ3n) is 4.81. The first-order chi connectivity index (χ1) is 14.3. The molecule has 1 heterocycles. The molecule has 3 rings (SSSR count). The summed E-state index contributed by atoms with van der Waals surface area (Å²) in [5.41, 5.74) is 2.30. The molecular weight excluding hydrogens is 422 g/mol. The van der Waals surface area contributed by atoms with Crippen LogP contribution >= 0.6 is 11.8 Å². The molecule has 2 atom stereocenters. The number of sulfone groups is 1. The van der Waals surface area contributed by atoms with Crippen molar-refractivity contribution in [1.29, 1.82) is 0 Å². The Balaban J connectivity index is 1.53. The Morgan fingerprint density at radius 3 is 2.40 bits per heavy atom. The summed E-state index contributed by atoms with van der Waals surface area (Å²) in [6.07, 6.45) is 0.808. The first-order valence-corrected chi connectivity index (χ1v) is 12.2. The fourth-order valence-electron chi connectivity index (χ4n) is 3.00. The highest BCUT2D eigenvalue weighted by Crippen LogP contribution is 2.20. The zero-order valence-corrected chi connectivity index (χ0v) is 18.5.